The van der Waals surface area contributed by atoms with Gasteiger partial charge in [-0.15, -0.1) is 12.4 Å². The number of amides is 1. The summed E-state index contributed by atoms with van der Waals surface area (Å²) in [5.74, 6) is 0.0750. The highest BCUT2D eigenvalue weighted by Gasteiger charge is 2.35. The van der Waals surface area contributed by atoms with E-state index in [1.54, 1.807) is 25.1 Å². The van der Waals surface area contributed by atoms with E-state index in [-0.39, 0.29) is 35.1 Å². The first kappa shape index (κ1) is 19.1. The van der Waals surface area contributed by atoms with E-state index in [0.717, 1.165) is 12.8 Å². The Morgan fingerprint density at radius 3 is 2.58 bits per heavy atom. The molecular weight excluding hydrogens is 376 g/mol. The molecule has 0 saturated carbocycles. The second-order valence-corrected chi connectivity index (χ2v) is 8.72. The topological polar surface area (TPSA) is 99.7 Å². The van der Waals surface area contributed by atoms with Gasteiger partial charge in [-0.2, -0.15) is 0 Å². The van der Waals surface area contributed by atoms with Gasteiger partial charge >= 0.3 is 0 Å². The van der Waals surface area contributed by atoms with Crippen molar-refractivity contribution in [1.29, 1.82) is 0 Å². The molecule has 0 aliphatic carbocycles. The molecule has 3 atom stereocenters. The van der Waals surface area contributed by atoms with Crippen molar-refractivity contribution in [3.63, 3.8) is 0 Å². The van der Waals surface area contributed by atoms with Crippen molar-refractivity contribution in [3.8, 4) is 0 Å². The molecule has 1 amide bonds. The lowest BCUT2D eigenvalue weighted by molar-refractivity contribution is -0.122. The fourth-order valence-electron chi connectivity index (χ4n) is 3.98. The highest BCUT2D eigenvalue weighted by atomic mass is 35.5. The van der Waals surface area contributed by atoms with Gasteiger partial charge in [0.1, 0.15) is 11.9 Å². The number of aliphatic imine (C=N–C) groups is 1. The summed E-state index contributed by atoms with van der Waals surface area (Å²) in [6.07, 6.45) is 4.24. The maximum absolute atomic E-state index is 12.5. The summed E-state index contributed by atoms with van der Waals surface area (Å²) in [4.78, 5) is 17.0. The van der Waals surface area contributed by atoms with Crippen LogP contribution in [0.3, 0.4) is 0 Å². The number of hydrogen-bond donors (Lipinski definition) is 3. The van der Waals surface area contributed by atoms with E-state index in [4.69, 9.17) is 0 Å². The number of hydrogen-bond acceptors (Lipinski definition) is 5. The molecule has 3 aliphatic heterocycles. The monoisotopic (exact) mass is 398 g/mol. The van der Waals surface area contributed by atoms with Crippen LogP contribution < -0.4 is 15.4 Å². The molecule has 0 aromatic heterocycles. The van der Waals surface area contributed by atoms with Gasteiger partial charge in [-0.25, -0.2) is 8.42 Å². The molecule has 142 valence electrons. The van der Waals surface area contributed by atoms with Gasteiger partial charge in [0, 0.05) is 23.7 Å². The molecule has 2 fully saturated rings. The number of carbonyl (C=O) groups is 1. The number of sulfonamides is 1. The van der Waals surface area contributed by atoms with Gasteiger partial charge in [-0.1, -0.05) is 12.1 Å². The number of halogens is 1. The van der Waals surface area contributed by atoms with Crippen LogP contribution in [0.25, 0.3) is 0 Å². The van der Waals surface area contributed by atoms with Crippen molar-refractivity contribution in [3.05, 3.63) is 29.8 Å². The zero-order valence-corrected chi connectivity index (χ0v) is 16.1. The first-order chi connectivity index (χ1) is 11.9. The molecule has 0 spiro atoms. The first-order valence-electron chi connectivity index (χ1n) is 8.69. The molecule has 4 rings (SSSR count). The van der Waals surface area contributed by atoms with Gasteiger partial charge in [0.25, 0.3) is 10.0 Å². The lowest BCUT2D eigenvalue weighted by atomic mass is 9.99. The lowest BCUT2D eigenvalue weighted by Crippen LogP contribution is -2.49. The summed E-state index contributed by atoms with van der Waals surface area (Å²) < 4.78 is 26.7. The number of carbonyl (C=O) groups excluding carboxylic acids is 1. The van der Waals surface area contributed by atoms with E-state index >= 15 is 0 Å². The molecule has 3 heterocycles. The van der Waals surface area contributed by atoms with Crippen LogP contribution in [0.5, 0.6) is 0 Å². The minimum atomic E-state index is -3.58. The minimum Gasteiger partial charge on any atom is -0.351 e. The van der Waals surface area contributed by atoms with Crippen LogP contribution in [-0.2, 0) is 14.8 Å². The van der Waals surface area contributed by atoms with Crippen molar-refractivity contribution in [2.24, 2.45) is 4.99 Å². The minimum absolute atomic E-state index is 0. The number of nitrogens with zero attached hydrogens (tertiary/aromatic N) is 1. The number of amidine groups is 1. The lowest BCUT2D eigenvalue weighted by Gasteiger charge is -2.30. The Hall–Kier alpha value is -1.64. The van der Waals surface area contributed by atoms with Gasteiger partial charge in [0.15, 0.2) is 0 Å². The SMILES string of the molecule is CC(N=C1NS(=O)(=O)c2ccccc21)C(=O)NC1CC2CCC(C1)N2.Cl. The van der Waals surface area contributed by atoms with Crippen LogP contribution in [0.2, 0.25) is 0 Å². The normalized spacial score (nSPS) is 30.8. The van der Waals surface area contributed by atoms with Gasteiger partial charge in [-0.3, -0.25) is 14.5 Å². The average molecular weight is 399 g/mol. The molecule has 1 aromatic rings. The third kappa shape index (κ3) is 3.58. The van der Waals surface area contributed by atoms with E-state index in [1.807, 2.05) is 0 Å². The number of piperidine rings is 1. The van der Waals surface area contributed by atoms with Crippen LogP contribution in [0, 0.1) is 0 Å². The molecule has 7 nitrogen and oxygen atoms in total. The van der Waals surface area contributed by atoms with Gasteiger partial charge < -0.3 is 10.6 Å². The fourth-order valence-corrected chi connectivity index (χ4v) is 5.22. The average Bonchev–Trinajstić information content (AvgIpc) is 3.04. The zero-order valence-electron chi connectivity index (χ0n) is 14.4. The van der Waals surface area contributed by atoms with Crippen LogP contribution in [0.4, 0.5) is 0 Å². The van der Waals surface area contributed by atoms with Crippen LogP contribution >= 0.6 is 12.4 Å². The highest BCUT2D eigenvalue weighted by Crippen LogP contribution is 2.27. The van der Waals surface area contributed by atoms with Crippen LogP contribution in [0.15, 0.2) is 34.2 Å². The standard InChI is InChI=1S/C17H22N4O3S.ClH/c1-10(17(22)20-13-8-11-6-7-12(9-13)19-11)18-16-14-4-2-3-5-15(14)25(23,24)21-16;/h2-5,10-13,19H,6-9H2,1H3,(H,18,21)(H,20,22);1H. The van der Waals surface area contributed by atoms with E-state index in [0.29, 0.717) is 17.6 Å². The molecule has 1 aromatic carbocycles. The van der Waals surface area contributed by atoms with Crippen molar-refractivity contribution >= 4 is 34.2 Å². The van der Waals surface area contributed by atoms with Crippen molar-refractivity contribution in [2.75, 3.05) is 0 Å². The molecular formula is C17H23ClN4O3S. The maximum atomic E-state index is 12.5. The predicted molar refractivity (Wildman–Crippen MR) is 101 cm³/mol. The van der Waals surface area contributed by atoms with Crippen molar-refractivity contribution < 1.29 is 13.2 Å². The Morgan fingerprint density at radius 1 is 1.23 bits per heavy atom. The van der Waals surface area contributed by atoms with E-state index in [2.05, 4.69) is 20.3 Å². The highest BCUT2D eigenvalue weighted by molar-refractivity contribution is 7.90. The summed E-state index contributed by atoms with van der Waals surface area (Å²) in [6, 6.07) is 7.17. The van der Waals surface area contributed by atoms with E-state index < -0.39 is 16.1 Å². The smallest absolute Gasteiger partial charge is 0.263 e. The summed E-state index contributed by atoms with van der Waals surface area (Å²) in [6.45, 7) is 1.69. The number of benzene rings is 1. The largest absolute Gasteiger partial charge is 0.351 e. The number of nitrogens with one attached hydrogen (secondary N) is 3. The van der Waals surface area contributed by atoms with Gasteiger partial charge in [0.05, 0.1) is 4.90 Å². The molecule has 2 bridgehead atoms. The molecule has 26 heavy (non-hydrogen) atoms. The third-order valence-electron chi connectivity index (χ3n) is 5.18. The summed E-state index contributed by atoms with van der Waals surface area (Å²) >= 11 is 0. The van der Waals surface area contributed by atoms with Crippen LogP contribution in [-0.4, -0.2) is 44.3 Å². The molecule has 3 N–H and O–H groups in total. The Balaban J connectivity index is 0.00000196. The quantitative estimate of drug-likeness (QED) is 0.705. The van der Waals surface area contributed by atoms with Gasteiger partial charge in [-0.05, 0) is 44.7 Å². The zero-order chi connectivity index (χ0) is 17.6. The molecule has 3 aliphatic rings. The summed E-state index contributed by atoms with van der Waals surface area (Å²) in [7, 11) is -3.58. The first-order valence-corrected chi connectivity index (χ1v) is 10.2. The van der Waals surface area contributed by atoms with E-state index in [9.17, 15) is 13.2 Å². The fraction of sp³-hybridized carbons (Fsp3) is 0.529. The van der Waals surface area contributed by atoms with Crippen molar-refractivity contribution in [1.82, 2.24) is 15.4 Å². The predicted octanol–water partition coefficient (Wildman–Crippen LogP) is 0.935. The van der Waals surface area contributed by atoms with E-state index in [1.165, 1.54) is 18.9 Å². The second kappa shape index (κ2) is 7.17. The molecule has 3 unspecified atom stereocenters. The second-order valence-electron chi connectivity index (χ2n) is 7.07. The Bertz CT molecular complexity index is 830. The summed E-state index contributed by atoms with van der Waals surface area (Å²) in [5, 5.41) is 6.62. The molecule has 9 heteroatoms. The number of fused-ring (bicyclic) bond motifs is 3. The maximum Gasteiger partial charge on any atom is 0.263 e. The molecule has 2 saturated heterocycles. The molecule has 0 radical (unpaired) electrons. The third-order valence-corrected chi connectivity index (χ3v) is 6.58. The Morgan fingerprint density at radius 2 is 1.88 bits per heavy atom. The summed E-state index contributed by atoms with van der Waals surface area (Å²) in [5.41, 5.74) is 0.516. The van der Waals surface area contributed by atoms with Crippen molar-refractivity contribution in [2.45, 2.75) is 61.7 Å². The van der Waals surface area contributed by atoms with Crippen LogP contribution in [0.1, 0.15) is 38.2 Å². The Labute approximate surface area is 159 Å². The van der Waals surface area contributed by atoms with Gasteiger partial charge in [0.2, 0.25) is 5.91 Å². The number of rotatable bonds is 3. The Kier molecular flexibility index (Phi) is 5.28.